The van der Waals surface area contributed by atoms with Gasteiger partial charge in [-0.3, -0.25) is 9.69 Å². The summed E-state index contributed by atoms with van der Waals surface area (Å²) in [6.45, 7) is 7.06. The monoisotopic (exact) mass is 441 g/mol. The van der Waals surface area contributed by atoms with Gasteiger partial charge in [-0.1, -0.05) is 24.3 Å². The molecule has 2 aliphatic rings. The van der Waals surface area contributed by atoms with Crippen molar-refractivity contribution < 1.29 is 39.4 Å². The fourth-order valence-electron chi connectivity index (χ4n) is 4.84. The predicted octanol–water partition coefficient (Wildman–Crippen LogP) is 0.521. The number of benzene rings is 2. The number of carboxylic acid groups (broad SMARTS) is 1. The van der Waals surface area contributed by atoms with Crippen molar-refractivity contribution in [2.75, 3.05) is 49.1 Å². The molecule has 0 spiro atoms. The summed E-state index contributed by atoms with van der Waals surface area (Å²) in [4.78, 5) is 29.6. The van der Waals surface area contributed by atoms with E-state index in [4.69, 9.17) is 4.42 Å². The van der Waals surface area contributed by atoms with E-state index in [2.05, 4.69) is 28.0 Å². The molecular weight excluding hydrogens is 413 g/mol. The number of carbonyl (C=O) groups is 2. The third-order valence-corrected chi connectivity index (χ3v) is 6.58. The van der Waals surface area contributed by atoms with Gasteiger partial charge >= 0.3 is 24.8 Å². The smallest absolute Gasteiger partial charge is 1.00 e. The first-order chi connectivity index (χ1) is 15.5. The maximum atomic E-state index is 11.7. The van der Waals surface area contributed by atoms with E-state index in [0.29, 0.717) is 5.58 Å². The van der Waals surface area contributed by atoms with E-state index in [9.17, 15) is 14.7 Å². The molecule has 33 heavy (non-hydrogen) atoms. The number of anilines is 2. The number of piperazine rings is 1. The zero-order chi connectivity index (χ0) is 22.2. The van der Waals surface area contributed by atoms with Crippen LogP contribution in [0.25, 0.3) is 11.0 Å². The SMILES string of the molecule is CC(=O)N1CCc2cc(CCN3CCN(c4cccc5cc(C(=O)O)oc45)CC3)ccc21.[H-].[Li+]. The zero-order valence-electron chi connectivity index (χ0n) is 20.2. The van der Waals surface area contributed by atoms with E-state index in [-0.39, 0.29) is 32.0 Å². The van der Waals surface area contributed by atoms with Crippen molar-refractivity contribution in [3.63, 3.8) is 0 Å². The van der Waals surface area contributed by atoms with Crippen molar-refractivity contribution in [2.24, 2.45) is 0 Å². The van der Waals surface area contributed by atoms with Gasteiger partial charge in [-0.05, 0) is 42.2 Å². The van der Waals surface area contributed by atoms with Gasteiger partial charge in [-0.25, -0.2) is 4.79 Å². The number of fused-ring (bicyclic) bond motifs is 2. The van der Waals surface area contributed by atoms with Crippen molar-refractivity contribution in [2.45, 2.75) is 19.8 Å². The van der Waals surface area contributed by atoms with Crippen LogP contribution in [0, 0.1) is 0 Å². The van der Waals surface area contributed by atoms with E-state index < -0.39 is 5.97 Å². The van der Waals surface area contributed by atoms with E-state index in [1.165, 1.54) is 11.1 Å². The van der Waals surface area contributed by atoms with Crippen LogP contribution in [0.15, 0.2) is 46.9 Å². The number of amides is 1. The fraction of sp³-hybridized carbons (Fsp3) is 0.360. The molecule has 0 bridgehead atoms. The van der Waals surface area contributed by atoms with Crippen LogP contribution >= 0.6 is 0 Å². The molecule has 3 aromatic rings. The number of hydrogen-bond acceptors (Lipinski definition) is 5. The maximum absolute atomic E-state index is 11.7. The topological polar surface area (TPSA) is 77.2 Å². The minimum atomic E-state index is -1.04. The van der Waals surface area contributed by atoms with Crippen LogP contribution in [0.2, 0.25) is 0 Å². The number of carboxylic acids is 1. The number of rotatable bonds is 5. The summed E-state index contributed by atoms with van der Waals surface area (Å²) in [6.07, 6.45) is 1.92. The molecule has 3 heterocycles. The molecule has 0 atom stereocenters. The van der Waals surface area contributed by atoms with E-state index in [0.717, 1.165) is 68.9 Å². The Bertz CT molecular complexity index is 1190. The molecular formula is C25H28LiN3O4. The molecule has 0 aliphatic carbocycles. The Kier molecular flexibility index (Phi) is 6.85. The molecule has 1 N–H and O–H groups in total. The molecule has 2 aliphatic heterocycles. The summed E-state index contributed by atoms with van der Waals surface area (Å²) in [5.74, 6) is -0.955. The van der Waals surface area contributed by atoms with Gasteiger partial charge in [-0.2, -0.15) is 0 Å². The van der Waals surface area contributed by atoms with Gasteiger partial charge in [0.15, 0.2) is 5.58 Å². The largest absolute Gasteiger partial charge is 1.00 e. The normalized spacial score (nSPS) is 16.0. The molecule has 5 rings (SSSR count). The van der Waals surface area contributed by atoms with Crippen LogP contribution in [0.3, 0.4) is 0 Å². The van der Waals surface area contributed by atoms with Gasteiger partial charge in [-0.15, -0.1) is 0 Å². The van der Waals surface area contributed by atoms with Crippen molar-refractivity contribution in [3.05, 3.63) is 59.4 Å². The molecule has 1 aromatic heterocycles. The Morgan fingerprint density at radius 1 is 1.03 bits per heavy atom. The summed E-state index contributed by atoms with van der Waals surface area (Å²) in [6, 6.07) is 13.9. The maximum Gasteiger partial charge on any atom is 1.00 e. The summed E-state index contributed by atoms with van der Waals surface area (Å²) in [7, 11) is 0. The Hall–Kier alpha value is -2.72. The van der Waals surface area contributed by atoms with Crippen molar-refractivity contribution in [1.29, 1.82) is 0 Å². The second kappa shape index (κ2) is 9.64. The van der Waals surface area contributed by atoms with Gasteiger partial charge in [0, 0.05) is 57.3 Å². The van der Waals surface area contributed by atoms with Crippen molar-refractivity contribution >= 4 is 34.2 Å². The summed E-state index contributed by atoms with van der Waals surface area (Å²) >= 11 is 0. The summed E-state index contributed by atoms with van der Waals surface area (Å²) in [5, 5.41) is 10.1. The van der Waals surface area contributed by atoms with E-state index >= 15 is 0 Å². The molecule has 8 heteroatoms. The zero-order valence-corrected chi connectivity index (χ0v) is 19.2. The second-order valence-corrected chi connectivity index (χ2v) is 8.57. The molecule has 0 saturated carbocycles. The number of para-hydroxylation sites is 1. The van der Waals surface area contributed by atoms with Crippen LogP contribution in [0.5, 0.6) is 0 Å². The Morgan fingerprint density at radius 3 is 2.55 bits per heavy atom. The van der Waals surface area contributed by atoms with Crippen LogP contribution in [-0.4, -0.2) is 61.2 Å². The number of furan rings is 1. The molecule has 0 unspecified atom stereocenters. The number of aromatic carboxylic acids is 1. The number of nitrogens with zero attached hydrogens (tertiary/aromatic N) is 3. The summed E-state index contributed by atoms with van der Waals surface area (Å²) < 4.78 is 5.63. The molecule has 1 amide bonds. The third kappa shape index (κ3) is 4.67. The molecule has 2 aromatic carbocycles. The number of carbonyl (C=O) groups excluding carboxylic acids is 1. The van der Waals surface area contributed by atoms with Gasteiger partial charge in [0.25, 0.3) is 0 Å². The molecule has 1 fully saturated rings. The van der Waals surface area contributed by atoms with Crippen molar-refractivity contribution in [3.8, 4) is 0 Å². The van der Waals surface area contributed by atoms with Crippen LogP contribution in [0.4, 0.5) is 11.4 Å². The van der Waals surface area contributed by atoms with Gasteiger partial charge < -0.3 is 20.8 Å². The van der Waals surface area contributed by atoms with E-state index in [1.807, 2.05) is 23.1 Å². The average Bonchev–Trinajstić information content (AvgIpc) is 3.42. The summed E-state index contributed by atoms with van der Waals surface area (Å²) in [5.41, 5.74) is 5.26. The number of hydrogen-bond donors (Lipinski definition) is 1. The standard InChI is InChI=1S/C25H27N3O4.Li.H/c1-17(29)28-10-8-19-15-18(5-6-21(19)28)7-9-26-11-13-27(14-12-26)22-4-2-3-20-16-23(25(30)31)32-24(20)22;;/h2-6,15-16H,7-14H2,1H3,(H,30,31);;/q;+1;-1. The first-order valence-corrected chi connectivity index (χ1v) is 11.1. The fourth-order valence-corrected chi connectivity index (χ4v) is 4.84. The Morgan fingerprint density at radius 2 is 1.82 bits per heavy atom. The van der Waals surface area contributed by atoms with Crippen LogP contribution in [0.1, 0.15) is 30.0 Å². The average molecular weight is 441 g/mol. The predicted molar refractivity (Wildman–Crippen MR) is 125 cm³/mol. The van der Waals surface area contributed by atoms with Crippen LogP contribution < -0.4 is 28.7 Å². The van der Waals surface area contributed by atoms with Gasteiger partial charge in [0.1, 0.15) is 0 Å². The Balaban J connectivity index is 0.00000162. The quantitative estimate of drug-likeness (QED) is 0.582. The van der Waals surface area contributed by atoms with Gasteiger partial charge in [0.05, 0.1) is 5.69 Å². The first-order valence-electron chi connectivity index (χ1n) is 11.1. The van der Waals surface area contributed by atoms with Crippen LogP contribution in [-0.2, 0) is 17.6 Å². The third-order valence-electron chi connectivity index (χ3n) is 6.58. The molecule has 0 radical (unpaired) electrons. The van der Waals surface area contributed by atoms with Gasteiger partial charge in [0.2, 0.25) is 11.7 Å². The minimum Gasteiger partial charge on any atom is -1.00 e. The van der Waals surface area contributed by atoms with E-state index in [1.54, 1.807) is 13.0 Å². The Labute approximate surface area is 206 Å². The second-order valence-electron chi connectivity index (χ2n) is 8.57. The molecule has 1 saturated heterocycles. The molecule has 7 nitrogen and oxygen atoms in total. The molecule has 168 valence electrons. The first kappa shape index (κ1) is 23.4. The minimum absolute atomic E-state index is 0. The van der Waals surface area contributed by atoms with Crippen molar-refractivity contribution in [1.82, 2.24) is 4.90 Å².